The Hall–Kier alpha value is -1.00. The summed E-state index contributed by atoms with van der Waals surface area (Å²) in [5.74, 6) is 0. The van der Waals surface area contributed by atoms with Gasteiger partial charge in [0.25, 0.3) is 0 Å². The predicted octanol–water partition coefficient (Wildman–Crippen LogP) is 7.00. The van der Waals surface area contributed by atoms with Crippen molar-refractivity contribution < 1.29 is 0 Å². The molecule has 2 rings (SSSR count). The number of hydrogen-bond donors (Lipinski definition) is 2. The van der Waals surface area contributed by atoms with Crippen LogP contribution in [0, 0.1) is 0 Å². The molecule has 0 bridgehead atoms. The Kier molecular flexibility index (Phi) is 8.23. The van der Waals surface area contributed by atoms with Gasteiger partial charge in [0, 0.05) is 26.7 Å². The fourth-order valence-corrected chi connectivity index (χ4v) is 5.47. The molecular weight excluding hydrogens is 464 g/mol. The predicted molar refractivity (Wildman–Crippen MR) is 127 cm³/mol. The molecule has 0 aliphatic heterocycles. The Morgan fingerprint density at radius 3 is 1.33 bits per heavy atom. The molecule has 4 N–H and O–H groups in total. The maximum absolute atomic E-state index is 6.51. The van der Waals surface area contributed by atoms with Crippen LogP contribution in [0.5, 0.6) is 0 Å². The lowest BCUT2D eigenvalue weighted by Gasteiger charge is -2.19. The van der Waals surface area contributed by atoms with Crippen molar-refractivity contribution in [3.05, 3.63) is 54.5 Å². The second kappa shape index (κ2) is 9.97. The molecule has 4 heteroatoms. The first-order valence-electron chi connectivity index (χ1n) is 10.1. The Morgan fingerprint density at radius 1 is 0.667 bits per heavy atom. The summed E-state index contributed by atoms with van der Waals surface area (Å²) in [5, 5.41) is 0. The summed E-state index contributed by atoms with van der Waals surface area (Å²) in [6, 6.07) is 4.59. The molecule has 0 radical (unpaired) electrons. The van der Waals surface area contributed by atoms with Gasteiger partial charge in [-0.2, -0.15) is 0 Å². The summed E-state index contributed by atoms with van der Waals surface area (Å²) < 4.78 is 2.12. The topological polar surface area (TPSA) is 52.0 Å². The van der Waals surface area contributed by atoms with Crippen LogP contribution in [0.25, 0.3) is 0 Å². The molecule has 2 aromatic rings. The van der Waals surface area contributed by atoms with E-state index in [9.17, 15) is 0 Å². The normalized spacial score (nSPS) is 11.2. The molecule has 0 heterocycles. The summed E-state index contributed by atoms with van der Waals surface area (Å²) in [6.07, 6.45) is 7.13. The zero-order valence-electron chi connectivity index (χ0n) is 17.0. The molecule has 0 fully saturated rings. The van der Waals surface area contributed by atoms with Crippen LogP contribution in [0.4, 0.5) is 11.4 Å². The van der Waals surface area contributed by atoms with Crippen LogP contribution in [0.2, 0.25) is 0 Å². The minimum absolute atomic E-state index is 0.760. The molecule has 148 valence electrons. The molecule has 0 amide bonds. The van der Waals surface area contributed by atoms with Gasteiger partial charge in [-0.05, 0) is 90.9 Å². The monoisotopic (exact) mass is 494 g/mol. The first-order valence-corrected chi connectivity index (χ1v) is 11.6. The third-order valence-electron chi connectivity index (χ3n) is 5.29. The molecule has 2 aromatic carbocycles. The van der Waals surface area contributed by atoms with Gasteiger partial charge in [-0.3, -0.25) is 0 Å². The number of halogens is 2. The molecule has 2 nitrogen and oxygen atoms in total. The second-order valence-electron chi connectivity index (χ2n) is 7.19. The average Bonchev–Trinajstić information content (AvgIpc) is 2.64. The van der Waals surface area contributed by atoms with Crippen molar-refractivity contribution in [2.45, 2.75) is 72.6 Å². The fraction of sp³-hybridized carbons (Fsp3) is 0.478. The maximum atomic E-state index is 6.51. The lowest BCUT2D eigenvalue weighted by molar-refractivity contribution is 0.889. The Balaban J connectivity index is 2.56. The standard InChI is InChI=1S/C23H32Br2N2/c1-5-9-14-11-16(22(26)20(24)18(14)7-3)13-17-12-15(10-6-2)19(8-4)21(25)23(17)27/h11-12H,5-10,13,26-27H2,1-4H3. The Morgan fingerprint density at radius 2 is 1.04 bits per heavy atom. The first-order chi connectivity index (χ1) is 12.9. The van der Waals surface area contributed by atoms with Crippen molar-refractivity contribution in [1.29, 1.82) is 0 Å². The zero-order chi connectivity index (χ0) is 20.1. The van der Waals surface area contributed by atoms with Crippen molar-refractivity contribution in [2.75, 3.05) is 11.5 Å². The molecule has 0 atom stereocenters. The number of nitrogen functional groups attached to an aromatic ring is 2. The van der Waals surface area contributed by atoms with E-state index in [1.165, 1.54) is 22.3 Å². The van der Waals surface area contributed by atoms with Crippen LogP contribution in [0.3, 0.4) is 0 Å². The minimum atomic E-state index is 0.760. The molecule has 0 spiro atoms. The third kappa shape index (κ3) is 4.71. The van der Waals surface area contributed by atoms with Gasteiger partial charge in [-0.1, -0.05) is 52.7 Å². The molecule has 0 unspecified atom stereocenters. The van der Waals surface area contributed by atoms with Gasteiger partial charge in [0.1, 0.15) is 0 Å². The van der Waals surface area contributed by atoms with Crippen LogP contribution in [0.15, 0.2) is 21.1 Å². The molecule has 0 aliphatic carbocycles. The highest BCUT2D eigenvalue weighted by atomic mass is 79.9. The molecule has 0 aromatic heterocycles. The Bertz CT molecular complexity index is 746. The highest BCUT2D eigenvalue weighted by molar-refractivity contribution is 9.11. The molecule has 0 aliphatic rings. The number of benzene rings is 2. The lowest BCUT2D eigenvalue weighted by atomic mass is 9.91. The summed E-state index contributed by atoms with van der Waals surface area (Å²) >= 11 is 7.51. The van der Waals surface area contributed by atoms with Crippen molar-refractivity contribution >= 4 is 43.2 Å². The van der Waals surface area contributed by atoms with Crippen molar-refractivity contribution in [1.82, 2.24) is 0 Å². The van der Waals surface area contributed by atoms with Crippen LogP contribution in [-0.4, -0.2) is 0 Å². The molecular formula is C23H32Br2N2. The fourth-order valence-electron chi connectivity index (χ4n) is 3.89. The van der Waals surface area contributed by atoms with Gasteiger partial charge in [0.2, 0.25) is 0 Å². The third-order valence-corrected chi connectivity index (χ3v) is 7.11. The van der Waals surface area contributed by atoms with Gasteiger partial charge in [-0.15, -0.1) is 0 Å². The van der Waals surface area contributed by atoms with Crippen LogP contribution in [0.1, 0.15) is 73.9 Å². The van der Waals surface area contributed by atoms with Gasteiger partial charge in [0.05, 0.1) is 0 Å². The van der Waals surface area contributed by atoms with E-state index < -0.39 is 0 Å². The van der Waals surface area contributed by atoms with Crippen molar-refractivity contribution in [3.8, 4) is 0 Å². The maximum Gasteiger partial charge on any atom is 0.0497 e. The van der Waals surface area contributed by atoms with E-state index in [1.54, 1.807) is 0 Å². The summed E-state index contributed by atoms with van der Waals surface area (Å²) in [6.45, 7) is 8.82. The summed E-state index contributed by atoms with van der Waals surface area (Å²) in [5.41, 5.74) is 22.5. The van der Waals surface area contributed by atoms with E-state index in [4.69, 9.17) is 11.5 Å². The Labute approximate surface area is 181 Å². The number of anilines is 2. The molecule has 0 saturated heterocycles. The highest BCUT2D eigenvalue weighted by Crippen LogP contribution is 2.37. The zero-order valence-corrected chi connectivity index (χ0v) is 20.2. The molecule has 27 heavy (non-hydrogen) atoms. The van der Waals surface area contributed by atoms with E-state index in [2.05, 4.69) is 71.7 Å². The number of rotatable bonds is 8. The number of hydrogen-bond acceptors (Lipinski definition) is 2. The number of aryl methyl sites for hydroxylation is 2. The lowest BCUT2D eigenvalue weighted by Crippen LogP contribution is -2.07. The van der Waals surface area contributed by atoms with Gasteiger partial charge >= 0.3 is 0 Å². The van der Waals surface area contributed by atoms with Crippen LogP contribution >= 0.6 is 31.9 Å². The summed E-state index contributed by atoms with van der Waals surface area (Å²) in [4.78, 5) is 0. The van der Waals surface area contributed by atoms with Gasteiger partial charge in [0.15, 0.2) is 0 Å². The first kappa shape index (κ1) is 22.3. The van der Waals surface area contributed by atoms with E-state index in [0.29, 0.717) is 0 Å². The van der Waals surface area contributed by atoms with Gasteiger partial charge < -0.3 is 11.5 Å². The van der Waals surface area contributed by atoms with Crippen molar-refractivity contribution in [2.24, 2.45) is 0 Å². The second-order valence-corrected chi connectivity index (χ2v) is 8.77. The smallest absolute Gasteiger partial charge is 0.0497 e. The largest absolute Gasteiger partial charge is 0.398 e. The average molecular weight is 496 g/mol. The van der Waals surface area contributed by atoms with E-state index in [-0.39, 0.29) is 0 Å². The minimum Gasteiger partial charge on any atom is -0.398 e. The van der Waals surface area contributed by atoms with E-state index in [0.717, 1.165) is 76.4 Å². The van der Waals surface area contributed by atoms with Gasteiger partial charge in [-0.25, -0.2) is 0 Å². The summed E-state index contributed by atoms with van der Waals surface area (Å²) in [7, 11) is 0. The molecule has 0 saturated carbocycles. The van der Waals surface area contributed by atoms with E-state index in [1.807, 2.05) is 0 Å². The number of nitrogens with two attached hydrogens (primary N) is 2. The highest BCUT2D eigenvalue weighted by Gasteiger charge is 2.17. The van der Waals surface area contributed by atoms with Crippen LogP contribution in [-0.2, 0) is 32.1 Å². The quantitative estimate of drug-likeness (QED) is 0.387. The van der Waals surface area contributed by atoms with E-state index >= 15 is 0 Å². The van der Waals surface area contributed by atoms with Crippen molar-refractivity contribution in [3.63, 3.8) is 0 Å². The van der Waals surface area contributed by atoms with Crippen LogP contribution < -0.4 is 11.5 Å². The SMILES string of the molecule is CCCc1cc(Cc2cc(CCC)c(CC)c(Br)c2N)c(N)c(Br)c1CC.